The van der Waals surface area contributed by atoms with Crippen LogP contribution in [0.5, 0.6) is 17.2 Å². The van der Waals surface area contributed by atoms with E-state index in [2.05, 4.69) is 0 Å². The molecule has 2 aromatic rings. The summed E-state index contributed by atoms with van der Waals surface area (Å²) in [5.74, 6) is -13.8. The van der Waals surface area contributed by atoms with Crippen molar-refractivity contribution >= 4 is 46.5 Å². The number of amides is 2. The van der Waals surface area contributed by atoms with Crippen LogP contribution >= 0.6 is 0 Å². The van der Waals surface area contributed by atoms with Gasteiger partial charge in [0.15, 0.2) is 22.8 Å². The van der Waals surface area contributed by atoms with Gasteiger partial charge in [-0.2, -0.15) is 0 Å². The molecule has 6 aliphatic rings. The van der Waals surface area contributed by atoms with Gasteiger partial charge in [0, 0.05) is 28.5 Å². The van der Waals surface area contributed by atoms with Crippen LogP contribution in [0.1, 0.15) is 35.1 Å². The number of primary amides is 2. The summed E-state index contributed by atoms with van der Waals surface area (Å²) in [6.45, 7) is 0. The van der Waals surface area contributed by atoms with E-state index in [4.69, 9.17) is 11.5 Å². The van der Waals surface area contributed by atoms with Gasteiger partial charge in [-0.05, 0) is 89.5 Å². The molecule has 2 saturated carbocycles. The Morgan fingerprint density at radius 3 is 1.46 bits per heavy atom. The average Bonchev–Trinajstić information content (AvgIpc) is 3.16. The topological polar surface area (TPSA) is 343 Å². The van der Waals surface area contributed by atoms with Gasteiger partial charge in [-0.3, -0.25) is 38.6 Å². The van der Waals surface area contributed by atoms with Crippen molar-refractivity contribution in [2.45, 2.75) is 49.0 Å². The minimum Gasteiger partial charge on any atom is -0.508 e. The number of benzene rings is 2. The second-order valence-corrected chi connectivity index (χ2v) is 16.7. The fourth-order valence-corrected chi connectivity index (χ4v) is 10.4. The highest BCUT2D eigenvalue weighted by Crippen LogP contribution is 2.55. The largest absolute Gasteiger partial charge is 0.508 e. The molecule has 0 saturated heterocycles. The molecule has 0 spiro atoms. The van der Waals surface area contributed by atoms with Crippen LogP contribution in [0, 0.1) is 23.7 Å². The molecule has 6 aliphatic carbocycles. The molecule has 0 aromatic heterocycles. The average molecular weight is 845 g/mol. The first-order chi connectivity index (χ1) is 28.4. The number of rotatable bonds is 4. The fraction of sp³-hybridized carbons (Fsp3) is 0.381. The first-order valence-electron chi connectivity index (χ1n) is 19.1. The maximum absolute atomic E-state index is 13.5. The van der Waals surface area contributed by atoms with E-state index in [9.17, 15) is 74.7 Å². The number of hydrogen-bond donors (Lipinski definition) is 11. The molecule has 0 unspecified atom stereocenters. The second kappa shape index (κ2) is 14.3. The number of phenols is 3. The van der Waals surface area contributed by atoms with Crippen molar-refractivity contribution in [1.29, 1.82) is 0 Å². The number of likely N-dealkylation sites (N-methyl/N-ethyl adjacent to an activating group) is 2. The molecule has 2 fully saturated rings. The summed E-state index contributed by atoms with van der Waals surface area (Å²) in [7, 11) is 6.17. The van der Waals surface area contributed by atoms with Crippen LogP contribution in [0.25, 0.3) is 11.5 Å². The van der Waals surface area contributed by atoms with Crippen LogP contribution in [0.3, 0.4) is 0 Å². The third-order valence-corrected chi connectivity index (χ3v) is 13.0. The van der Waals surface area contributed by atoms with Gasteiger partial charge >= 0.3 is 0 Å². The summed E-state index contributed by atoms with van der Waals surface area (Å²) in [6.07, 6.45) is 0.403. The standard InChI is InChI=1S/C21H22N2O8.C21H22N2O7/c1-23(2)15-9-6-7-5-8-10(24)3-4-11(25)13(8)16(26)12(7)18(28)21(9,31)19(29)14(17(15)27)20(22)30;1-23(2)15-10-7-9-6-8-4-3-5-11(24)12(8)16(25)13(9)18(27)21(10,30)19(28)14(17(15)26)20(22)29/h3-4,7,9,15,24-26,29,31H,5-6H2,1-2H3,(H2,22,30);3-5,9-10,15,24-25,28,30H,6-7H2,1-2H3,(H2,22,29)/t7-,9-,15-,21-;9-,10-,15-,21-/m00/s1. The van der Waals surface area contributed by atoms with Gasteiger partial charge in [0.1, 0.15) is 51.4 Å². The van der Waals surface area contributed by atoms with Crippen molar-refractivity contribution in [3.63, 3.8) is 0 Å². The first-order valence-corrected chi connectivity index (χ1v) is 19.1. The van der Waals surface area contributed by atoms with Gasteiger partial charge < -0.3 is 57.4 Å². The summed E-state index contributed by atoms with van der Waals surface area (Å²) in [5.41, 5.74) is 3.97. The van der Waals surface area contributed by atoms with E-state index in [-0.39, 0.29) is 64.3 Å². The highest BCUT2D eigenvalue weighted by atomic mass is 16.4. The molecule has 8 atom stereocenters. The molecule has 13 N–H and O–H groups in total. The van der Waals surface area contributed by atoms with Gasteiger partial charge in [-0.1, -0.05) is 12.1 Å². The number of phenolic OH excluding ortho intramolecular Hbond substituents is 3. The maximum Gasteiger partial charge on any atom is 0.255 e. The van der Waals surface area contributed by atoms with E-state index < -0.39 is 116 Å². The van der Waals surface area contributed by atoms with Crippen molar-refractivity contribution in [1.82, 2.24) is 9.80 Å². The number of carbonyl (C=O) groups is 6. The molecule has 2 amide bonds. The SMILES string of the molecule is CN(C)[C@@H]1C(=O)C(C(N)=O)=C(O)[C@@]2(O)C(=O)C3=C(O)c4c(O)ccc(O)c4C[C@H]3C[C@@H]12.CN(C)[C@@H]1C(=O)C(C(N)=O)=C(O)[C@@]2(O)C(=O)C3=C(O)c4c(O)cccc4C[C@H]3C[C@@H]12. The third-order valence-electron chi connectivity index (χ3n) is 13.0. The molecule has 8 rings (SSSR count). The number of Topliss-reactive ketones (excluding diaryl/α,β-unsaturated/α-hetero) is 4. The Labute approximate surface area is 346 Å². The lowest BCUT2D eigenvalue weighted by molar-refractivity contribution is -0.155. The molecular weight excluding hydrogens is 800 g/mol. The Hall–Kier alpha value is -6.54. The van der Waals surface area contributed by atoms with Crippen LogP contribution in [0.4, 0.5) is 0 Å². The van der Waals surface area contributed by atoms with E-state index in [1.165, 1.54) is 36.0 Å². The van der Waals surface area contributed by atoms with E-state index in [1.54, 1.807) is 26.2 Å². The van der Waals surface area contributed by atoms with Crippen LogP contribution in [-0.4, -0.2) is 142 Å². The summed E-state index contributed by atoms with van der Waals surface area (Å²) in [6, 6.07) is 4.89. The lowest BCUT2D eigenvalue weighted by Crippen LogP contribution is -2.65. The van der Waals surface area contributed by atoms with Crippen molar-refractivity contribution in [3.8, 4) is 17.2 Å². The van der Waals surface area contributed by atoms with E-state index in [0.717, 1.165) is 6.07 Å². The minimum atomic E-state index is -2.67. The van der Waals surface area contributed by atoms with E-state index in [0.29, 0.717) is 12.0 Å². The Morgan fingerprint density at radius 2 is 1.02 bits per heavy atom. The van der Waals surface area contributed by atoms with Crippen molar-refractivity contribution in [3.05, 3.63) is 86.4 Å². The number of carbonyl (C=O) groups excluding carboxylic acids is 6. The third kappa shape index (κ3) is 5.78. The molecule has 0 aliphatic heterocycles. The number of nitrogens with two attached hydrogens (primary N) is 2. The number of ketones is 4. The normalized spacial score (nSPS) is 30.6. The van der Waals surface area contributed by atoms with Gasteiger partial charge in [-0.25, -0.2) is 0 Å². The van der Waals surface area contributed by atoms with E-state index >= 15 is 0 Å². The summed E-state index contributed by atoms with van der Waals surface area (Å²) >= 11 is 0. The summed E-state index contributed by atoms with van der Waals surface area (Å²) in [5, 5.41) is 96.4. The Balaban J connectivity index is 0.000000184. The molecule has 2 aromatic carbocycles. The number of aromatic hydroxyl groups is 3. The molecule has 0 bridgehead atoms. The molecule has 0 radical (unpaired) electrons. The number of fused-ring (bicyclic) bond motifs is 6. The molecular formula is C42H44N4O15. The van der Waals surface area contributed by atoms with Crippen molar-refractivity contribution < 1.29 is 74.7 Å². The maximum atomic E-state index is 13.5. The zero-order valence-corrected chi connectivity index (χ0v) is 33.2. The summed E-state index contributed by atoms with van der Waals surface area (Å²) in [4.78, 5) is 79.5. The number of nitrogens with zero attached hydrogens (tertiary/aromatic N) is 2. The quantitative estimate of drug-likeness (QED) is 0.138. The van der Waals surface area contributed by atoms with Gasteiger partial charge in [0.05, 0.1) is 23.2 Å². The predicted molar refractivity (Wildman–Crippen MR) is 210 cm³/mol. The van der Waals surface area contributed by atoms with Gasteiger partial charge in [0.2, 0.25) is 11.6 Å². The number of aliphatic hydroxyl groups excluding tert-OH is 4. The van der Waals surface area contributed by atoms with Crippen LogP contribution < -0.4 is 11.5 Å². The van der Waals surface area contributed by atoms with E-state index in [1.807, 2.05) is 0 Å². The zero-order chi connectivity index (χ0) is 45.1. The lowest BCUT2D eigenvalue weighted by Gasteiger charge is -2.50. The Bertz CT molecular complexity index is 2530. The van der Waals surface area contributed by atoms with Crippen LogP contribution in [0.2, 0.25) is 0 Å². The number of aliphatic hydroxyl groups is 6. The predicted octanol–water partition coefficient (Wildman–Crippen LogP) is -0.366. The molecule has 19 heteroatoms. The fourth-order valence-electron chi connectivity index (χ4n) is 10.4. The van der Waals surface area contributed by atoms with Gasteiger partial charge in [0.25, 0.3) is 11.8 Å². The molecule has 19 nitrogen and oxygen atoms in total. The number of hydrogen-bond acceptors (Lipinski definition) is 17. The van der Waals surface area contributed by atoms with Crippen LogP contribution in [-0.2, 0) is 41.6 Å². The molecule has 322 valence electrons. The Kier molecular flexibility index (Phi) is 9.98. The monoisotopic (exact) mass is 844 g/mol. The zero-order valence-electron chi connectivity index (χ0n) is 33.2. The molecule has 61 heavy (non-hydrogen) atoms. The summed E-state index contributed by atoms with van der Waals surface area (Å²) < 4.78 is 0. The first kappa shape index (κ1) is 42.6. The Morgan fingerprint density at radius 1 is 0.607 bits per heavy atom. The molecule has 0 heterocycles. The van der Waals surface area contributed by atoms with Crippen molar-refractivity contribution in [2.24, 2.45) is 35.1 Å². The smallest absolute Gasteiger partial charge is 0.255 e. The highest BCUT2D eigenvalue weighted by molar-refractivity contribution is 6.25. The van der Waals surface area contributed by atoms with Crippen LogP contribution in [0.15, 0.2) is 64.1 Å². The van der Waals surface area contributed by atoms with Gasteiger partial charge in [-0.15, -0.1) is 0 Å². The lowest BCUT2D eigenvalue weighted by atomic mass is 9.57. The second-order valence-electron chi connectivity index (χ2n) is 16.7. The highest BCUT2D eigenvalue weighted by Gasteiger charge is 2.65. The van der Waals surface area contributed by atoms with Crippen molar-refractivity contribution in [2.75, 3.05) is 28.2 Å². The minimum absolute atomic E-state index is 0.0269.